The summed E-state index contributed by atoms with van der Waals surface area (Å²) in [4.78, 5) is 12.0. The molecule has 0 bridgehead atoms. The van der Waals surface area contributed by atoms with Gasteiger partial charge in [-0.05, 0) is 43.5 Å². The molecule has 1 heterocycles. The van der Waals surface area contributed by atoms with Gasteiger partial charge in [0, 0.05) is 17.8 Å². The predicted octanol–water partition coefficient (Wildman–Crippen LogP) is 3.60. The number of nitrogens with one attached hydrogen (secondary N) is 1. The SMILES string of the molecule is CC(CCc1ccc(-n2cc3ccccc3n2)cc1)(C(=O)NO)S(C)(O)O. The number of nitrogens with zero attached hydrogens (tertiary/aromatic N) is 2. The van der Waals surface area contributed by atoms with Crippen LogP contribution in [0, 0.1) is 0 Å². The molecule has 144 valence electrons. The van der Waals surface area contributed by atoms with Gasteiger partial charge in [-0.1, -0.05) is 30.3 Å². The van der Waals surface area contributed by atoms with E-state index in [2.05, 4.69) is 5.10 Å². The van der Waals surface area contributed by atoms with Gasteiger partial charge in [0.15, 0.2) is 0 Å². The van der Waals surface area contributed by atoms with Crippen LogP contribution in [-0.4, -0.2) is 41.0 Å². The van der Waals surface area contributed by atoms with E-state index < -0.39 is 21.2 Å². The molecule has 3 aromatic rings. The number of amides is 1. The van der Waals surface area contributed by atoms with Crippen molar-refractivity contribution in [2.75, 3.05) is 6.26 Å². The molecular weight excluding hydrogens is 366 g/mol. The Morgan fingerprint density at radius 1 is 1.19 bits per heavy atom. The van der Waals surface area contributed by atoms with E-state index in [1.54, 1.807) is 10.2 Å². The molecule has 27 heavy (non-hydrogen) atoms. The third kappa shape index (κ3) is 3.84. The number of rotatable bonds is 6. The summed E-state index contributed by atoms with van der Waals surface area (Å²) >= 11 is 0. The number of aryl methyl sites for hydroxylation is 1. The number of hydrogen-bond acceptors (Lipinski definition) is 5. The Labute approximate surface area is 158 Å². The molecule has 4 N–H and O–H groups in total. The smallest absolute Gasteiger partial charge is 0.268 e. The average molecular weight is 389 g/mol. The van der Waals surface area contributed by atoms with Crippen LogP contribution in [0.3, 0.4) is 0 Å². The van der Waals surface area contributed by atoms with Gasteiger partial charge >= 0.3 is 0 Å². The number of benzene rings is 2. The van der Waals surface area contributed by atoms with E-state index in [0.717, 1.165) is 22.2 Å². The van der Waals surface area contributed by atoms with Gasteiger partial charge in [0.25, 0.3) is 5.91 Å². The zero-order valence-corrected chi connectivity index (χ0v) is 16.0. The largest absolute Gasteiger partial charge is 0.299 e. The Kier molecular flexibility index (Phi) is 5.25. The van der Waals surface area contributed by atoms with Crippen LogP contribution in [0.25, 0.3) is 16.6 Å². The fourth-order valence-corrected chi connectivity index (χ4v) is 3.78. The van der Waals surface area contributed by atoms with Crippen molar-refractivity contribution in [3.63, 3.8) is 0 Å². The van der Waals surface area contributed by atoms with Crippen LogP contribution < -0.4 is 5.48 Å². The lowest BCUT2D eigenvalue weighted by atomic mass is 9.99. The maximum Gasteiger partial charge on any atom is 0.268 e. The first-order valence-electron chi connectivity index (χ1n) is 8.46. The monoisotopic (exact) mass is 389 g/mol. The summed E-state index contributed by atoms with van der Waals surface area (Å²) in [6, 6.07) is 15.6. The van der Waals surface area contributed by atoms with Crippen molar-refractivity contribution in [3.05, 3.63) is 60.3 Å². The highest BCUT2D eigenvalue weighted by atomic mass is 32.3. The van der Waals surface area contributed by atoms with Crippen LogP contribution in [0.15, 0.2) is 54.7 Å². The van der Waals surface area contributed by atoms with Crippen LogP contribution in [0.5, 0.6) is 0 Å². The molecule has 0 radical (unpaired) electrons. The van der Waals surface area contributed by atoms with Gasteiger partial charge < -0.3 is 0 Å². The molecular formula is C19H23N3O4S. The van der Waals surface area contributed by atoms with Gasteiger partial charge in [0.1, 0.15) is 4.75 Å². The maximum atomic E-state index is 12.0. The Morgan fingerprint density at radius 2 is 1.85 bits per heavy atom. The Morgan fingerprint density at radius 3 is 2.44 bits per heavy atom. The quantitative estimate of drug-likeness (QED) is 0.381. The second kappa shape index (κ2) is 7.32. The van der Waals surface area contributed by atoms with Gasteiger partial charge in [-0.25, -0.2) is 10.2 Å². The van der Waals surface area contributed by atoms with Crippen LogP contribution in [0.1, 0.15) is 18.9 Å². The first-order valence-corrected chi connectivity index (χ1v) is 10.4. The molecule has 1 unspecified atom stereocenters. The normalized spacial score (nSPS) is 14.7. The fraction of sp³-hybridized carbons (Fsp3) is 0.263. The van der Waals surface area contributed by atoms with Crippen molar-refractivity contribution in [1.82, 2.24) is 15.3 Å². The summed E-state index contributed by atoms with van der Waals surface area (Å²) in [5.41, 5.74) is 4.31. The van der Waals surface area contributed by atoms with E-state index in [-0.39, 0.29) is 6.42 Å². The molecule has 1 amide bonds. The second-order valence-electron chi connectivity index (χ2n) is 6.80. The number of carbonyl (C=O) groups is 1. The second-order valence-corrected chi connectivity index (χ2v) is 9.37. The van der Waals surface area contributed by atoms with Crippen LogP contribution in [-0.2, 0) is 11.2 Å². The standard InChI is InChI=1S/C19H23N3O4S/c1-19(18(23)21-24,27(2,25)26)12-11-14-7-9-16(10-8-14)22-13-15-5-3-4-6-17(15)20-22/h3-10,13,24-26H,11-12H2,1-2H3,(H,21,23). The summed E-state index contributed by atoms with van der Waals surface area (Å²) < 4.78 is 20.4. The van der Waals surface area contributed by atoms with Crippen LogP contribution in [0.2, 0.25) is 0 Å². The molecule has 0 aliphatic rings. The summed E-state index contributed by atoms with van der Waals surface area (Å²) in [5.74, 6) is -0.801. The summed E-state index contributed by atoms with van der Waals surface area (Å²) in [5, 5.41) is 14.5. The van der Waals surface area contributed by atoms with Crippen LogP contribution in [0.4, 0.5) is 0 Å². The van der Waals surface area contributed by atoms with E-state index in [1.165, 1.54) is 13.2 Å². The van der Waals surface area contributed by atoms with E-state index in [1.807, 2.05) is 54.7 Å². The van der Waals surface area contributed by atoms with E-state index in [0.29, 0.717) is 6.42 Å². The van der Waals surface area contributed by atoms with Crippen molar-refractivity contribution in [2.24, 2.45) is 0 Å². The first-order chi connectivity index (χ1) is 12.7. The third-order valence-corrected chi connectivity index (χ3v) is 7.04. The van der Waals surface area contributed by atoms with Crippen LogP contribution >= 0.6 is 10.6 Å². The number of aromatic nitrogens is 2. The first kappa shape index (κ1) is 19.4. The molecule has 0 saturated carbocycles. The number of carbonyl (C=O) groups excluding carboxylic acids is 1. The average Bonchev–Trinajstić information content (AvgIpc) is 3.09. The molecule has 0 spiro atoms. The molecule has 0 fully saturated rings. The minimum Gasteiger partial charge on any atom is -0.299 e. The molecule has 3 rings (SSSR count). The summed E-state index contributed by atoms with van der Waals surface area (Å²) in [7, 11) is -3.20. The van der Waals surface area contributed by atoms with Gasteiger partial charge in [-0.15, -0.1) is 0 Å². The van der Waals surface area contributed by atoms with E-state index in [4.69, 9.17) is 5.21 Å². The number of fused-ring (bicyclic) bond motifs is 1. The van der Waals surface area contributed by atoms with Crippen molar-refractivity contribution in [2.45, 2.75) is 24.5 Å². The molecule has 2 aromatic carbocycles. The molecule has 8 heteroatoms. The highest BCUT2D eigenvalue weighted by Crippen LogP contribution is 2.51. The van der Waals surface area contributed by atoms with Gasteiger partial charge in [0.05, 0.1) is 11.2 Å². The highest BCUT2D eigenvalue weighted by Gasteiger charge is 2.42. The molecule has 0 aliphatic heterocycles. The zero-order chi connectivity index (χ0) is 19.7. The highest BCUT2D eigenvalue weighted by molar-refractivity contribution is 8.25. The summed E-state index contributed by atoms with van der Waals surface area (Å²) in [6.07, 6.45) is 3.81. The Hall–Kier alpha value is -2.39. The van der Waals surface area contributed by atoms with Crippen molar-refractivity contribution >= 4 is 27.4 Å². The molecule has 1 atom stereocenters. The van der Waals surface area contributed by atoms with Crippen molar-refractivity contribution in [3.8, 4) is 5.69 Å². The van der Waals surface area contributed by atoms with Gasteiger partial charge in [0.2, 0.25) is 0 Å². The minimum absolute atomic E-state index is 0.184. The molecule has 7 nitrogen and oxygen atoms in total. The number of hydrogen-bond donors (Lipinski definition) is 4. The van der Waals surface area contributed by atoms with E-state index in [9.17, 15) is 13.9 Å². The Balaban J connectivity index is 1.76. The molecule has 0 aliphatic carbocycles. The zero-order valence-electron chi connectivity index (χ0n) is 15.2. The minimum atomic E-state index is -3.20. The lowest BCUT2D eigenvalue weighted by Crippen LogP contribution is -2.47. The lowest BCUT2D eigenvalue weighted by Gasteiger charge is -2.44. The lowest BCUT2D eigenvalue weighted by molar-refractivity contribution is -0.131. The van der Waals surface area contributed by atoms with Crippen molar-refractivity contribution < 1.29 is 19.1 Å². The molecule has 0 saturated heterocycles. The Bertz CT molecular complexity index is 916. The summed E-state index contributed by atoms with van der Waals surface area (Å²) in [6.45, 7) is 1.44. The maximum absolute atomic E-state index is 12.0. The molecule has 1 aromatic heterocycles. The fourth-order valence-electron chi connectivity index (χ4n) is 2.90. The predicted molar refractivity (Wildman–Crippen MR) is 106 cm³/mol. The van der Waals surface area contributed by atoms with Crippen molar-refractivity contribution in [1.29, 1.82) is 0 Å². The van der Waals surface area contributed by atoms with Gasteiger partial charge in [-0.2, -0.15) is 15.7 Å². The van der Waals surface area contributed by atoms with E-state index >= 15 is 0 Å². The third-order valence-electron chi connectivity index (χ3n) is 4.94. The topological polar surface area (TPSA) is 108 Å². The van der Waals surface area contributed by atoms with Gasteiger partial charge in [-0.3, -0.25) is 19.1 Å². The number of hydroxylamine groups is 1.